The number of hydrogen-bond acceptors (Lipinski definition) is 3. The van der Waals surface area contributed by atoms with Gasteiger partial charge in [0, 0.05) is 29.3 Å². The number of halogens is 2. The number of hydrogen-bond donors (Lipinski definition) is 2. The number of H-pyrrole nitrogens is 1. The molecule has 2 heterocycles. The van der Waals surface area contributed by atoms with Crippen LogP contribution in [0.25, 0.3) is 10.9 Å². The van der Waals surface area contributed by atoms with Crippen LogP contribution in [0, 0.1) is 11.7 Å². The number of benzene rings is 2. The van der Waals surface area contributed by atoms with E-state index in [0.29, 0.717) is 29.7 Å². The Labute approximate surface area is 186 Å². The van der Waals surface area contributed by atoms with Crippen LogP contribution in [0.3, 0.4) is 0 Å². The van der Waals surface area contributed by atoms with E-state index < -0.39 is 0 Å². The van der Waals surface area contributed by atoms with Crippen molar-refractivity contribution >= 4 is 28.4 Å². The van der Waals surface area contributed by atoms with E-state index in [1.54, 1.807) is 30.5 Å². The van der Waals surface area contributed by atoms with E-state index in [1.165, 1.54) is 12.1 Å². The third-order valence-corrected chi connectivity index (χ3v) is 6.26. The standard InChI is InChI=1S/C24H27ClFN3O2/c1-29-10-8-16(9-11-29)14-31-15-23(17-2-5-19(26)6-3-17)28-24(30)18-4-7-20-21(25)13-27-22(20)12-18/h2-7,12-13,16,23,27H,8-11,14-15H2,1H3,(H,28,30). The first-order valence-corrected chi connectivity index (χ1v) is 11.0. The SMILES string of the molecule is CN1CCC(COCC(NC(=O)c2ccc3c(Cl)c[nH]c3c2)c2ccc(F)cc2)CC1. The Bertz CT molecular complexity index is 1030. The van der Waals surface area contributed by atoms with Crippen LogP contribution in [0.5, 0.6) is 0 Å². The van der Waals surface area contributed by atoms with Crippen LogP contribution in [0.15, 0.2) is 48.7 Å². The number of fused-ring (bicyclic) bond motifs is 1. The predicted octanol–water partition coefficient (Wildman–Crippen LogP) is 4.79. The molecule has 0 spiro atoms. The van der Waals surface area contributed by atoms with Crippen molar-refractivity contribution in [1.82, 2.24) is 15.2 Å². The summed E-state index contributed by atoms with van der Waals surface area (Å²) in [7, 11) is 2.13. The molecule has 0 saturated carbocycles. The van der Waals surface area contributed by atoms with Crippen LogP contribution in [0.4, 0.5) is 4.39 Å². The highest BCUT2D eigenvalue weighted by atomic mass is 35.5. The molecule has 164 valence electrons. The van der Waals surface area contributed by atoms with Gasteiger partial charge in [0.25, 0.3) is 5.91 Å². The number of carbonyl (C=O) groups is 1. The second-order valence-corrected chi connectivity index (χ2v) is 8.67. The molecule has 1 amide bonds. The summed E-state index contributed by atoms with van der Waals surface area (Å²) < 4.78 is 19.4. The average Bonchev–Trinajstić information content (AvgIpc) is 3.15. The maximum atomic E-state index is 13.4. The molecular formula is C24H27ClFN3O2. The molecular weight excluding hydrogens is 417 g/mol. The highest BCUT2D eigenvalue weighted by Gasteiger charge is 2.20. The van der Waals surface area contributed by atoms with E-state index in [9.17, 15) is 9.18 Å². The van der Waals surface area contributed by atoms with Gasteiger partial charge in [-0.1, -0.05) is 29.8 Å². The lowest BCUT2D eigenvalue weighted by Gasteiger charge is -2.29. The van der Waals surface area contributed by atoms with E-state index in [2.05, 4.69) is 22.2 Å². The van der Waals surface area contributed by atoms with Crippen molar-refractivity contribution in [3.63, 3.8) is 0 Å². The molecule has 0 aliphatic carbocycles. The van der Waals surface area contributed by atoms with Crippen molar-refractivity contribution in [2.45, 2.75) is 18.9 Å². The fraction of sp³-hybridized carbons (Fsp3) is 0.375. The number of ether oxygens (including phenoxy) is 1. The van der Waals surface area contributed by atoms with E-state index in [1.807, 2.05) is 6.07 Å². The molecule has 1 aromatic heterocycles. The number of aromatic nitrogens is 1. The van der Waals surface area contributed by atoms with Crippen molar-refractivity contribution in [2.75, 3.05) is 33.4 Å². The van der Waals surface area contributed by atoms with E-state index >= 15 is 0 Å². The minimum absolute atomic E-state index is 0.218. The van der Waals surface area contributed by atoms with Gasteiger partial charge >= 0.3 is 0 Å². The van der Waals surface area contributed by atoms with Crippen molar-refractivity contribution in [3.05, 3.63) is 70.6 Å². The number of carbonyl (C=O) groups excluding carboxylic acids is 1. The van der Waals surface area contributed by atoms with E-state index in [0.717, 1.165) is 42.4 Å². The Morgan fingerprint density at radius 1 is 1.26 bits per heavy atom. The Morgan fingerprint density at radius 3 is 2.74 bits per heavy atom. The highest BCUT2D eigenvalue weighted by Crippen LogP contribution is 2.24. The van der Waals surface area contributed by atoms with Crippen molar-refractivity contribution in [2.24, 2.45) is 5.92 Å². The molecule has 0 bridgehead atoms. The van der Waals surface area contributed by atoms with Crippen molar-refractivity contribution < 1.29 is 13.9 Å². The smallest absolute Gasteiger partial charge is 0.251 e. The summed E-state index contributed by atoms with van der Waals surface area (Å²) in [5.74, 6) is 0.000729. The summed E-state index contributed by atoms with van der Waals surface area (Å²) in [6, 6.07) is 11.2. The maximum absolute atomic E-state index is 13.4. The molecule has 31 heavy (non-hydrogen) atoms. The number of rotatable bonds is 7. The van der Waals surface area contributed by atoms with Crippen LogP contribution in [0.2, 0.25) is 5.02 Å². The molecule has 1 fully saturated rings. The van der Waals surface area contributed by atoms with Gasteiger partial charge < -0.3 is 19.9 Å². The number of aromatic amines is 1. The zero-order valence-corrected chi connectivity index (χ0v) is 18.3. The quantitative estimate of drug-likeness (QED) is 0.552. The number of nitrogens with zero attached hydrogens (tertiary/aromatic N) is 1. The first-order valence-electron chi connectivity index (χ1n) is 10.6. The molecule has 1 unspecified atom stereocenters. The Kier molecular flexibility index (Phi) is 6.90. The van der Waals surface area contributed by atoms with Crippen LogP contribution in [-0.4, -0.2) is 49.1 Å². The molecule has 4 rings (SSSR count). The summed E-state index contributed by atoms with van der Waals surface area (Å²) in [4.78, 5) is 18.3. The van der Waals surface area contributed by atoms with Gasteiger partial charge in [-0.05, 0) is 68.7 Å². The Morgan fingerprint density at radius 2 is 2.00 bits per heavy atom. The first-order chi connectivity index (χ1) is 15.0. The molecule has 1 aliphatic heterocycles. The average molecular weight is 444 g/mol. The Hall–Kier alpha value is -2.41. The molecule has 0 radical (unpaired) electrons. The van der Waals surface area contributed by atoms with Crippen molar-refractivity contribution in [1.29, 1.82) is 0 Å². The van der Waals surface area contributed by atoms with Gasteiger partial charge in [0.15, 0.2) is 0 Å². The van der Waals surface area contributed by atoms with Gasteiger partial charge in [0.2, 0.25) is 0 Å². The normalized spacial score (nSPS) is 16.5. The molecule has 2 N–H and O–H groups in total. The van der Waals surface area contributed by atoms with Crippen molar-refractivity contribution in [3.8, 4) is 0 Å². The number of amides is 1. The molecule has 3 aromatic rings. The van der Waals surface area contributed by atoms with Crippen LogP contribution in [-0.2, 0) is 4.74 Å². The zero-order valence-electron chi connectivity index (χ0n) is 17.5. The zero-order chi connectivity index (χ0) is 21.8. The summed E-state index contributed by atoms with van der Waals surface area (Å²) in [5.41, 5.74) is 2.13. The fourth-order valence-electron chi connectivity index (χ4n) is 3.97. The van der Waals surface area contributed by atoms with Gasteiger partial charge in [0.05, 0.1) is 17.7 Å². The lowest BCUT2D eigenvalue weighted by molar-refractivity contribution is 0.0558. The summed E-state index contributed by atoms with van der Waals surface area (Å²) in [6.45, 7) is 3.16. The van der Waals surface area contributed by atoms with E-state index in [4.69, 9.17) is 16.3 Å². The molecule has 1 atom stereocenters. The van der Waals surface area contributed by atoms with Crippen LogP contribution >= 0.6 is 11.6 Å². The van der Waals surface area contributed by atoms with Gasteiger partial charge in [-0.2, -0.15) is 0 Å². The first kappa shape index (κ1) is 21.8. The van der Waals surface area contributed by atoms with Gasteiger partial charge in [0.1, 0.15) is 5.82 Å². The number of nitrogens with one attached hydrogen (secondary N) is 2. The molecule has 1 saturated heterocycles. The fourth-order valence-corrected chi connectivity index (χ4v) is 4.19. The second-order valence-electron chi connectivity index (χ2n) is 8.26. The topological polar surface area (TPSA) is 57.4 Å². The third-order valence-electron chi connectivity index (χ3n) is 5.95. The second kappa shape index (κ2) is 9.81. The predicted molar refractivity (Wildman–Crippen MR) is 121 cm³/mol. The molecule has 2 aromatic carbocycles. The lowest BCUT2D eigenvalue weighted by Crippen LogP contribution is -2.34. The minimum Gasteiger partial charge on any atom is -0.379 e. The number of piperidine rings is 1. The Balaban J connectivity index is 1.44. The van der Waals surface area contributed by atoms with Crippen LogP contribution < -0.4 is 5.32 Å². The summed E-state index contributed by atoms with van der Waals surface area (Å²) in [5, 5.41) is 4.53. The van der Waals surface area contributed by atoms with E-state index in [-0.39, 0.29) is 17.8 Å². The van der Waals surface area contributed by atoms with Gasteiger partial charge in [-0.3, -0.25) is 4.79 Å². The largest absolute Gasteiger partial charge is 0.379 e. The maximum Gasteiger partial charge on any atom is 0.251 e. The summed E-state index contributed by atoms with van der Waals surface area (Å²) in [6.07, 6.45) is 3.93. The molecule has 7 heteroatoms. The third kappa shape index (κ3) is 5.45. The molecule has 1 aliphatic rings. The monoisotopic (exact) mass is 443 g/mol. The van der Waals surface area contributed by atoms with Gasteiger partial charge in [-0.25, -0.2) is 4.39 Å². The highest BCUT2D eigenvalue weighted by molar-refractivity contribution is 6.35. The summed E-state index contributed by atoms with van der Waals surface area (Å²) >= 11 is 6.13. The van der Waals surface area contributed by atoms with Gasteiger partial charge in [-0.15, -0.1) is 0 Å². The lowest BCUT2D eigenvalue weighted by atomic mass is 9.98. The minimum atomic E-state index is -0.373. The molecule has 5 nitrogen and oxygen atoms in total. The van der Waals surface area contributed by atoms with Crippen LogP contribution in [0.1, 0.15) is 34.8 Å². The number of likely N-dealkylation sites (tertiary alicyclic amines) is 1.